The molecule has 31 heavy (non-hydrogen) atoms. The summed E-state index contributed by atoms with van der Waals surface area (Å²) in [6, 6.07) is 19.9. The van der Waals surface area contributed by atoms with Crippen molar-refractivity contribution in [1.29, 1.82) is 0 Å². The number of hydrogen-bond acceptors (Lipinski definition) is 4. The fraction of sp³-hybridized carbons (Fsp3) is 0.480. The van der Waals surface area contributed by atoms with Crippen LogP contribution >= 0.6 is 0 Å². The van der Waals surface area contributed by atoms with Crippen LogP contribution in [-0.2, 0) is 17.8 Å². The summed E-state index contributed by atoms with van der Waals surface area (Å²) >= 11 is 0. The molecule has 0 aromatic heterocycles. The maximum atomic E-state index is 5.66. The molecule has 2 aliphatic heterocycles. The smallest absolute Gasteiger partial charge is 0.191 e. The largest absolute Gasteiger partial charge is 0.376 e. The van der Waals surface area contributed by atoms with E-state index in [9.17, 15) is 0 Å². The highest BCUT2D eigenvalue weighted by atomic mass is 16.5. The van der Waals surface area contributed by atoms with Crippen LogP contribution in [0.3, 0.4) is 0 Å². The molecule has 4 rings (SSSR count). The molecular weight excluding hydrogens is 386 g/mol. The summed E-state index contributed by atoms with van der Waals surface area (Å²) in [6.45, 7) is 8.79. The first-order chi connectivity index (χ1) is 15.2. The minimum atomic E-state index is 0.321. The van der Waals surface area contributed by atoms with E-state index >= 15 is 0 Å². The summed E-state index contributed by atoms with van der Waals surface area (Å²) in [5.74, 6) is 0.868. The molecule has 0 amide bonds. The van der Waals surface area contributed by atoms with E-state index in [0.29, 0.717) is 12.1 Å². The molecule has 2 unspecified atom stereocenters. The van der Waals surface area contributed by atoms with Crippen molar-refractivity contribution in [3.63, 3.8) is 0 Å². The maximum absolute atomic E-state index is 5.66. The van der Waals surface area contributed by atoms with Crippen LogP contribution in [0.2, 0.25) is 0 Å². The number of rotatable bonds is 6. The highest BCUT2D eigenvalue weighted by molar-refractivity contribution is 5.80. The molecule has 2 aromatic rings. The Labute approximate surface area is 186 Å². The van der Waals surface area contributed by atoms with Crippen molar-refractivity contribution in [2.45, 2.75) is 38.6 Å². The van der Waals surface area contributed by atoms with Gasteiger partial charge < -0.3 is 20.3 Å². The molecule has 6 nitrogen and oxygen atoms in total. The van der Waals surface area contributed by atoms with Crippen molar-refractivity contribution < 1.29 is 4.74 Å². The fourth-order valence-corrected chi connectivity index (χ4v) is 4.46. The third kappa shape index (κ3) is 6.21. The van der Waals surface area contributed by atoms with Gasteiger partial charge in [0.25, 0.3) is 0 Å². The molecule has 166 valence electrons. The number of anilines is 1. The minimum Gasteiger partial charge on any atom is -0.376 e. The van der Waals surface area contributed by atoms with E-state index in [-0.39, 0.29) is 0 Å². The van der Waals surface area contributed by atoms with E-state index in [2.05, 4.69) is 86.9 Å². The summed E-state index contributed by atoms with van der Waals surface area (Å²) in [5, 5.41) is 7.09. The van der Waals surface area contributed by atoms with E-state index in [0.717, 1.165) is 58.3 Å². The Bertz CT molecular complexity index is 856. The van der Waals surface area contributed by atoms with Crippen molar-refractivity contribution in [2.75, 3.05) is 44.7 Å². The van der Waals surface area contributed by atoms with Gasteiger partial charge in [0, 0.05) is 58.0 Å². The molecule has 2 N–H and O–H groups in total. The number of aliphatic imine (C=N–C) groups is 1. The van der Waals surface area contributed by atoms with Crippen molar-refractivity contribution in [3.05, 3.63) is 65.7 Å². The van der Waals surface area contributed by atoms with Gasteiger partial charge in [0.05, 0.1) is 12.7 Å². The topological polar surface area (TPSA) is 52.1 Å². The van der Waals surface area contributed by atoms with E-state index < -0.39 is 0 Å². The lowest BCUT2D eigenvalue weighted by molar-refractivity contribution is -0.0212. The van der Waals surface area contributed by atoms with Gasteiger partial charge in [0.1, 0.15) is 0 Å². The van der Waals surface area contributed by atoms with E-state index in [1.165, 1.54) is 16.8 Å². The molecular formula is C25H35N5O. The van der Waals surface area contributed by atoms with Gasteiger partial charge in [-0.15, -0.1) is 0 Å². The molecule has 2 aromatic carbocycles. The summed E-state index contributed by atoms with van der Waals surface area (Å²) in [7, 11) is 1.84. The molecule has 0 spiro atoms. The molecule has 2 aliphatic rings. The second-order valence-corrected chi connectivity index (χ2v) is 8.57. The van der Waals surface area contributed by atoms with Crippen LogP contribution in [0.1, 0.15) is 24.5 Å². The van der Waals surface area contributed by atoms with Gasteiger partial charge in [-0.25, -0.2) is 0 Å². The van der Waals surface area contributed by atoms with Crippen molar-refractivity contribution in [1.82, 2.24) is 15.5 Å². The van der Waals surface area contributed by atoms with Gasteiger partial charge in [-0.3, -0.25) is 9.89 Å². The van der Waals surface area contributed by atoms with Crippen molar-refractivity contribution in [2.24, 2.45) is 4.99 Å². The summed E-state index contributed by atoms with van der Waals surface area (Å²) in [4.78, 5) is 9.35. The summed E-state index contributed by atoms with van der Waals surface area (Å²) < 4.78 is 5.66. The number of para-hydroxylation sites is 1. The second-order valence-electron chi connectivity index (χ2n) is 8.57. The lowest BCUT2D eigenvalue weighted by atomic mass is 10.1. The quantitative estimate of drug-likeness (QED) is 0.555. The van der Waals surface area contributed by atoms with Gasteiger partial charge in [-0.2, -0.15) is 0 Å². The highest BCUT2D eigenvalue weighted by Gasteiger charge is 2.23. The number of nitrogens with zero attached hydrogens (tertiary/aromatic N) is 3. The first-order valence-electron chi connectivity index (χ1n) is 11.4. The van der Waals surface area contributed by atoms with Crippen LogP contribution in [-0.4, -0.2) is 62.8 Å². The predicted molar refractivity (Wildman–Crippen MR) is 128 cm³/mol. The van der Waals surface area contributed by atoms with Crippen molar-refractivity contribution >= 4 is 11.6 Å². The fourth-order valence-electron chi connectivity index (χ4n) is 4.46. The normalized spacial score (nSPS) is 22.5. The molecule has 2 saturated heterocycles. The third-order valence-electron chi connectivity index (χ3n) is 6.06. The highest BCUT2D eigenvalue weighted by Crippen LogP contribution is 2.19. The van der Waals surface area contributed by atoms with E-state index in [1.54, 1.807) is 0 Å². The Balaban J connectivity index is 1.26. The zero-order valence-electron chi connectivity index (χ0n) is 18.8. The predicted octanol–water partition coefficient (Wildman–Crippen LogP) is 2.85. The molecule has 2 fully saturated rings. The molecule has 2 atom stereocenters. The van der Waals surface area contributed by atoms with Gasteiger partial charge in [0.2, 0.25) is 0 Å². The molecule has 0 bridgehead atoms. The lowest BCUT2D eigenvalue weighted by Gasteiger charge is -2.31. The summed E-state index contributed by atoms with van der Waals surface area (Å²) in [5.41, 5.74) is 3.92. The van der Waals surface area contributed by atoms with Crippen LogP contribution in [0.5, 0.6) is 0 Å². The Kier molecular flexibility index (Phi) is 7.43. The zero-order chi connectivity index (χ0) is 21.5. The molecule has 2 heterocycles. The molecule has 0 aliphatic carbocycles. The van der Waals surface area contributed by atoms with Gasteiger partial charge in [-0.05, 0) is 36.6 Å². The second kappa shape index (κ2) is 10.6. The Hall–Kier alpha value is -2.57. The first-order valence-corrected chi connectivity index (χ1v) is 11.4. The number of ether oxygens (including phenoxy) is 1. The van der Waals surface area contributed by atoms with Crippen LogP contribution in [0.15, 0.2) is 59.6 Å². The lowest BCUT2D eigenvalue weighted by Crippen LogP contribution is -2.44. The Morgan fingerprint density at radius 2 is 1.90 bits per heavy atom. The molecule has 6 heteroatoms. The van der Waals surface area contributed by atoms with Gasteiger partial charge in [-0.1, -0.05) is 42.5 Å². The third-order valence-corrected chi connectivity index (χ3v) is 6.06. The van der Waals surface area contributed by atoms with Crippen molar-refractivity contribution in [3.8, 4) is 0 Å². The number of benzene rings is 2. The first kappa shape index (κ1) is 21.7. The Morgan fingerprint density at radius 3 is 2.71 bits per heavy atom. The number of guanidine groups is 1. The van der Waals surface area contributed by atoms with Crippen LogP contribution in [0, 0.1) is 0 Å². The summed E-state index contributed by atoms with van der Waals surface area (Å²) in [6.07, 6.45) is 1.43. The molecule has 0 saturated carbocycles. The Morgan fingerprint density at radius 1 is 1.06 bits per heavy atom. The zero-order valence-corrected chi connectivity index (χ0v) is 18.8. The molecule has 0 radical (unpaired) electrons. The monoisotopic (exact) mass is 421 g/mol. The maximum Gasteiger partial charge on any atom is 0.191 e. The SMILES string of the molecule is CN=C(NCc1cccc(CN2CCOC(C)C2)c1)NC1CCN(c2ccccc2)C1. The van der Waals surface area contributed by atoms with Crippen LogP contribution in [0.4, 0.5) is 5.69 Å². The van der Waals surface area contributed by atoms with E-state index in [4.69, 9.17) is 4.74 Å². The average Bonchev–Trinajstić information content (AvgIpc) is 3.26. The number of nitrogens with one attached hydrogen (secondary N) is 2. The van der Waals surface area contributed by atoms with E-state index in [1.807, 2.05) is 7.05 Å². The number of morpholine rings is 1. The minimum absolute atomic E-state index is 0.321. The van der Waals surface area contributed by atoms with Gasteiger partial charge in [0.15, 0.2) is 5.96 Å². The van der Waals surface area contributed by atoms with Crippen LogP contribution in [0.25, 0.3) is 0 Å². The standard InChI is InChI=1S/C25H35N5O/c1-20-17-29(13-14-31-20)18-22-8-6-7-21(15-22)16-27-25(26-2)28-23-11-12-30(19-23)24-9-4-3-5-10-24/h3-10,15,20,23H,11-14,16-19H2,1-2H3,(H2,26,27,28). The number of hydrogen-bond donors (Lipinski definition) is 2. The van der Waals surface area contributed by atoms with Gasteiger partial charge >= 0.3 is 0 Å². The average molecular weight is 422 g/mol. The van der Waals surface area contributed by atoms with Crippen LogP contribution < -0.4 is 15.5 Å².